The van der Waals surface area contributed by atoms with Crippen molar-refractivity contribution in [3.63, 3.8) is 0 Å². The molecular weight excluding hydrogens is 230 g/mol. The maximum atomic E-state index is 12.2. The predicted molar refractivity (Wildman–Crippen MR) is 60.6 cm³/mol. The summed E-state index contributed by atoms with van der Waals surface area (Å²) >= 11 is 5.89. The van der Waals surface area contributed by atoms with E-state index in [9.17, 15) is 4.79 Å². The Balaban J connectivity index is 1.95. The van der Waals surface area contributed by atoms with Gasteiger partial charge in [-0.1, -0.05) is 0 Å². The summed E-state index contributed by atoms with van der Waals surface area (Å²) in [4.78, 5) is 14.1. The van der Waals surface area contributed by atoms with E-state index in [1.807, 2.05) is 4.90 Å². The Labute approximate surface area is 101 Å². The van der Waals surface area contributed by atoms with Gasteiger partial charge in [0.15, 0.2) is 6.10 Å². The normalized spacial score (nSPS) is 31.4. The SMILES string of the molecule is O=C(C1COCCO1)N1CCCCC1CCl. The van der Waals surface area contributed by atoms with E-state index in [2.05, 4.69) is 0 Å². The molecule has 2 aliphatic heterocycles. The molecule has 0 spiro atoms. The number of alkyl halides is 1. The van der Waals surface area contributed by atoms with Crippen molar-refractivity contribution in [2.45, 2.75) is 31.4 Å². The van der Waals surface area contributed by atoms with Crippen molar-refractivity contribution < 1.29 is 14.3 Å². The van der Waals surface area contributed by atoms with Gasteiger partial charge in [0.25, 0.3) is 5.91 Å². The van der Waals surface area contributed by atoms with Crippen molar-refractivity contribution in [2.24, 2.45) is 0 Å². The molecule has 4 nitrogen and oxygen atoms in total. The number of nitrogens with zero attached hydrogens (tertiary/aromatic N) is 1. The summed E-state index contributed by atoms with van der Waals surface area (Å²) in [5, 5.41) is 0. The van der Waals surface area contributed by atoms with Gasteiger partial charge in [-0.25, -0.2) is 0 Å². The van der Waals surface area contributed by atoms with Crippen LogP contribution in [0.1, 0.15) is 19.3 Å². The number of carbonyl (C=O) groups excluding carboxylic acids is 1. The Hall–Kier alpha value is -0.320. The predicted octanol–water partition coefficient (Wildman–Crippen LogP) is 1.02. The fourth-order valence-corrected chi connectivity index (χ4v) is 2.59. The van der Waals surface area contributed by atoms with Crippen molar-refractivity contribution in [1.29, 1.82) is 0 Å². The number of hydrogen-bond acceptors (Lipinski definition) is 3. The highest BCUT2D eigenvalue weighted by molar-refractivity contribution is 6.18. The first-order valence-electron chi connectivity index (χ1n) is 5.88. The number of ether oxygens (including phenoxy) is 2. The molecule has 2 unspecified atom stereocenters. The van der Waals surface area contributed by atoms with Gasteiger partial charge in [0, 0.05) is 18.5 Å². The summed E-state index contributed by atoms with van der Waals surface area (Å²) < 4.78 is 10.7. The first-order valence-corrected chi connectivity index (χ1v) is 6.42. The minimum Gasteiger partial charge on any atom is -0.376 e. The topological polar surface area (TPSA) is 38.8 Å². The summed E-state index contributed by atoms with van der Waals surface area (Å²) in [5.41, 5.74) is 0. The summed E-state index contributed by atoms with van der Waals surface area (Å²) in [5.74, 6) is 0.560. The van der Waals surface area contributed by atoms with Crippen LogP contribution in [-0.2, 0) is 14.3 Å². The Morgan fingerprint density at radius 1 is 1.38 bits per heavy atom. The number of piperidine rings is 1. The Kier molecular flexibility index (Phi) is 4.44. The fraction of sp³-hybridized carbons (Fsp3) is 0.909. The number of hydrogen-bond donors (Lipinski definition) is 0. The Morgan fingerprint density at radius 2 is 2.25 bits per heavy atom. The molecule has 0 saturated carbocycles. The van der Waals surface area contributed by atoms with E-state index < -0.39 is 6.10 Å². The van der Waals surface area contributed by atoms with E-state index in [1.54, 1.807) is 0 Å². The molecule has 2 saturated heterocycles. The van der Waals surface area contributed by atoms with Crippen LogP contribution in [0.4, 0.5) is 0 Å². The van der Waals surface area contributed by atoms with Gasteiger partial charge in [-0.2, -0.15) is 0 Å². The molecule has 2 aliphatic rings. The van der Waals surface area contributed by atoms with Crippen LogP contribution in [0.3, 0.4) is 0 Å². The molecule has 16 heavy (non-hydrogen) atoms. The highest BCUT2D eigenvalue weighted by Gasteiger charge is 2.32. The second kappa shape index (κ2) is 5.84. The van der Waals surface area contributed by atoms with Crippen molar-refractivity contribution in [3.05, 3.63) is 0 Å². The summed E-state index contributed by atoms with van der Waals surface area (Å²) in [6.07, 6.45) is 2.80. The zero-order chi connectivity index (χ0) is 11.4. The highest BCUT2D eigenvalue weighted by atomic mass is 35.5. The molecule has 92 valence electrons. The lowest BCUT2D eigenvalue weighted by Gasteiger charge is -2.37. The van der Waals surface area contributed by atoms with E-state index in [0.29, 0.717) is 25.7 Å². The van der Waals surface area contributed by atoms with Gasteiger partial charge in [-0.15, -0.1) is 11.6 Å². The van der Waals surface area contributed by atoms with E-state index in [0.717, 1.165) is 25.8 Å². The summed E-state index contributed by atoms with van der Waals surface area (Å²) in [6.45, 7) is 2.28. The van der Waals surface area contributed by atoms with Gasteiger partial charge in [0.2, 0.25) is 0 Å². The molecule has 0 bridgehead atoms. The molecule has 2 rings (SSSR count). The van der Waals surface area contributed by atoms with Crippen LogP contribution >= 0.6 is 11.6 Å². The molecule has 0 N–H and O–H groups in total. The average molecular weight is 248 g/mol. The number of amides is 1. The van der Waals surface area contributed by atoms with Gasteiger partial charge < -0.3 is 14.4 Å². The van der Waals surface area contributed by atoms with E-state index in [-0.39, 0.29) is 11.9 Å². The molecule has 0 aromatic rings. The van der Waals surface area contributed by atoms with E-state index >= 15 is 0 Å². The second-order valence-corrected chi connectivity index (χ2v) is 4.58. The molecule has 0 aliphatic carbocycles. The minimum absolute atomic E-state index is 0.0463. The lowest BCUT2D eigenvalue weighted by atomic mass is 10.0. The van der Waals surface area contributed by atoms with Gasteiger partial charge in [-0.3, -0.25) is 4.79 Å². The highest BCUT2D eigenvalue weighted by Crippen LogP contribution is 2.20. The maximum Gasteiger partial charge on any atom is 0.254 e. The van der Waals surface area contributed by atoms with Crippen LogP contribution in [0.5, 0.6) is 0 Å². The standard InChI is InChI=1S/C11H18ClNO3/c12-7-9-3-1-2-4-13(9)11(14)10-8-15-5-6-16-10/h9-10H,1-8H2. The molecule has 0 radical (unpaired) electrons. The Morgan fingerprint density at radius 3 is 2.94 bits per heavy atom. The van der Waals surface area contributed by atoms with Gasteiger partial charge in [-0.05, 0) is 19.3 Å². The van der Waals surface area contributed by atoms with Crippen LogP contribution in [-0.4, -0.2) is 55.2 Å². The monoisotopic (exact) mass is 247 g/mol. The molecule has 2 atom stereocenters. The van der Waals surface area contributed by atoms with Crippen LogP contribution in [0, 0.1) is 0 Å². The van der Waals surface area contributed by atoms with E-state index in [4.69, 9.17) is 21.1 Å². The lowest BCUT2D eigenvalue weighted by molar-refractivity contribution is -0.161. The quantitative estimate of drug-likeness (QED) is 0.684. The summed E-state index contributed by atoms with van der Waals surface area (Å²) in [6, 6.07) is 0.174. The average Bonchev–Trinajstić information content (AvgIpc) is 2.39. The van der Waals surface area contributed by atoms with Gasteiger partial charge in [0.1, 0.15) is 0 Å². The number of likely N-dealkylation sites (tertiary alicyclic amines) is 1. The second-order valence-electron chi connectivity index (χ2n) is 4.27. The minimum atomic E-state index is -0.419. The Bertz CT molecular complexity index is 243. The number of halogens is 1. The van der Waals surface area contributed by atoms with Crippen LogP contribution in [0.15, 0.2) is 0 Å². The van der Waals surface area contributed by atoms with Crippen molar-refractivity contribution in [3.8, 4) is 0 Å². The van der Waals surface area contributed by atoms with Crippen molar-refractivity contribution in [2.75, 3.05) is 32.2 Å². The largest absolute Gasteiger partial charge is 0.376 e. The van der Waals surface area contributed by atoms with E-state index in [1.165, 1.54) is 0 Å². The van der Waals surface area contributed by atoms with Crippen LogP contribution < -0.4 is 0 Å². The smallest absolute Gasteiger partial charge is 0.254 e. The number of rotatable bonds is 2. The first-order chi connectivity index (χ1) is 7.83. The lowest BCUT2D eigenvalue weighted by Crippen LogP contribution is -2.52. The van der Waals surface area contributed by atoms with Crippen molar-refractivity contribution in [1.82, 2.24) is 4.90 Å². The molecule has 0 aromatic carbocycles. The first kappa shape index (κ1) is 12.1. The van der Waals surface area contributed by atoms with Crippen LogP contribution in [0.2, 0.25) is 0 Å². The van der Waals surface area contributed by atoms with Crippen molar-refractivity contribution >= 4 is 17.5 Å². The van der Waals surface area contributed by atoms with Gasteiger partial charge in [0.05, 0.1) is 19.8 Å². The molecular formula is C11H18ClNO3. The molecule has 2 fully saturated rings. The summed E-state index contributed by atoms with van der Waals surface area (Å²) in [7, 11) is 0. The molecule has 0 aromatic heterocycles. The third kappa shape index (κ3) is 2.67. The third-order valence-corrected chi connectivity index (χ3v) is 3.54. The zero-order valence-corrected chi connectivity index (χ0v) is 10.1. The van der Waals surface area contributed by atoms with Gasteiger partial charge >= 0.3 is 0 Å². The molecule has 5 heteroatoms. The van der Waals surface area contributed by atoms with Crippen LogP contribution in [0.25, 0.3) is 0 Å². The third-order valence-electron chi connectivity index (χ3n) is 3.18. The number of carbonyl (C=O) groups is 1. The molecule has 1 amide bonds. The fourth-order valence-electron chi connectivity index (χ4n) is 2.27. The molecule has 2 heterocycles. The zero-order valence-electron chi connectivity index (χ0n) is 9.36. The maximum absolute atomic E-state index is 12.2.